The predicted molar refractivity (Wildman–Crippen MR) is 134 cm³/mol. The summed E-state index contributed by atoms with van der Waals surface area (Å²) in [5.74, 6) is 2.40. The Kier molecular flexibility index (Phi) is 11.6. The van der Waals surface area contributed by atoms with Crippen molar-refractivity contribution in [2.45, 2.75) is 40.5 Å². The molecule has 0 saturated carbocycles. The third-order valence-corrected chi connectivity index (χ3v) is 4.86. The van der Waals surface area contributed by atoms with Gasteiger partial charge in [-0.2, -0.15) is 5.10 Å². The number of nitrogens with one attached hydrogen (secondary N) is 2. The lowest BCUT2D eigenvalue weighted by atomic mass is 10.1. The van der Waals surface area contributed by atoms with Crippen molar-refractivity contribution in [3.8, 4) is 11.5 Å². The monoisotopic (exact) mass is 529 g/mol. The van der Waals surface area contributed by atoms with Gasteiger partial charge in [0.1, 0.15) is 0 Å². The lowest BCUT2D eigenvalue weighted by Gasteiger charge is -2.14. The largest absolute Gasteiger partial charge is 0.490 e. The Morgan fingerprint density at radius 3 is 2.23 bits per heavy atom. The van der Waals surface area contributed by atoms with Crippen molar-refractivity contribution in [3.05, 3.63) is 40.7 Å². The minimum atomic E-state index is 0. The predicted octanol–water partition coefficient (Wildman–Crippen LogP) is 3.40. The SMILES string of the molecule is CCOc1ccc(CCNC(=NC)NCCc2c(C)nn(C)c2C)cc1OCC.I. The highest BCUT2D eigenvalue weighted by molar-refractivity contribution is 14.0. The van der Waals surface area contributed by atoms with Crippen LogP contribution in [0.3, 0.4) is 0 Å². The van der Waals surface area contributed by atoms with E-state index in [-0.39, 0.29) is 24.0 Å². The summed E-state index contributed by atoms with van der Waals surface area (Å²) < 4.78 is 13.3. The maximum Gasteiger partial charge on any atom is 0.190 e. The molecule has 0 unspecified atom stereocenters. The number of guanidine groups is 1. The summed E-state index contributed by atoms with van der Waals surface area (Å²) in [6.45, 7) is 11.0. The molecule has 7 nitrogen and oxygen atoms in total. The highest BCUT2D eigenvalue weighted by atomic mass is 127. The summed E-state index contributed by atoms with van der Waals surface area (Å²) in [4.78, 5) is 4.31. The quantitative estimate of drug-likeness (QED) is 0.281. The fourth-order valence-electron chi connectivity index (χ4n) is 3.28. The van der Waals surface area contributed by atoms with Gasteiger partial charge in [0.15, 0.2) is 17.5 Å². The van der Waals surface area contributed by atoms with Crippen molar-refractivity contribution in [2.24, 2.45) is 12.0 Å². The first-order chi connectivity index (χ1) is 14.0. The van der Waals surface area contributed by atoms with E-state index in [1.807, 2.05) is 31.6 Å². The van der Waals surface area contributed by atoms with Crippen LogP contribution in [0, 0.1) is 13.8 Å². The van der Waals surface area contributed by atoms with Crippen LogP contribution in [-0.4, -0.2) is 49.1 Å². The summed E-state index contributed by atoms with van der Waals surface area (Å²) in [7, 11) is 3.78. The molecule has 0 amide bonds. The van der Waals surface area contributed by atoms with E-state index in [0.29, 0.717) is 13.2 Å². The number of benzene rings is 1. The molecule has 0 aliphatic heterocycles. The standard InChI is InChI=1S/C22H35N5O2.HI/c1-7-28-20-10-9-18(15-21(20)29-8-2)11-13-24-22(23-5)25-14-12-19-16(3)26-27(6)17(19)4;/h9-10,15H,7-8,11-14H2,1-6H3,(H2,23,24,25);1H. The maximum atomic E-state index is 5.71. The number of hydrogen-bond donors (Lipinski definition) is 2. The summed E-state index contributed by atoms with van der Waals surface area (Å²) in [6.07, 6.45) is 1.79. The van der Waals surface area contributed by atoms with E-state index in [1.54, 1.807) is 7.05 Å². The minimum Gasteiger partial charge on any atom is -0.490 e. The molecule has 1 heterocycles. The van der Waals surface area contributed by atoms with Gasteiger partial charge in [-0.25, -0.2) is 0 Å². The molecule has 2 N–H and O–H groups in total. The summed E-state index contributed by atoms with van der Waals surface area (Å²) in [6, 6.07) is 6.12. The van der Waals surface area contributed by atoms with E-state index in [9.17, 15) is 0 Å². The first-order valence-electron chi connectivity index (χ1n) is 10.3. The molecule has 0 saturated heterocycles. The van der Waals surface area contributed by atoms with Crippen molar-refractivity contribution in [2.75, 3.05) is 33.4 Å². The fourth-order valence-corrected chi connectivity index (χ4v) is 3.28. The van der Waals surface area contributed by atoms with Gasteiger partial charge in [-0.1, -0.05) is 6.07 Å². The van der Waals surface area contributed by atoms with E-state index in [4.69, 9.17) is 9.47 Å². The molecule has 0 spiro atoms. The van der Waals surface area contributed by atoms with Crippen molar-refractivity contribution < 1.29 is 9.47 Å². The van der Waals surface area contributed by atoms with Crippen LogP contribution in [0.2, 0.25) is 0 Å². The third-order valence-electron chi connectivity index (χ3n) is 4.86. The minimum absolute atomic E-state index is 0. The van der Waals surface area contributed by atoms with Crippen molar-refractivity contribution in [1.29, 1.82) is 0 Å². The summed E-state index contributed by atoms with van der Waals surface area (Å²) in [5.41, 5.74) is 4.80. The Labute approximate surface area is 197 Å². The molecular formula is C22H36IN5O2. The summed E-state index contributed by atoms with van der Waals surface area (Å²) >= 11 is 0. The van der Waals surface area contributed by atoms with Crippen LogP contribution in [-0.2, 0) is 19.9 Å². The molecule has 30 heavy (non-hydrogen) atoms. The molecule has 8 heteroatoms. The number of aromatic nitrogens is 2. The zero-order chi connectivity index (χ0) is 21.2. The van der Waals surface area contributed by atoms with Gasteiger partial charge in [-0.15, -0.1) is 24.0 Å². The van der Waals surface area contributed by atoms with Crippen LogP contribution in [0.5, 0.6) is 11.5 Å². The van der Waals surface area contributed by atoms with Crippen molar-refractivity contribution in [1.82, 2.24) is 20.4 Å². The second-order valence-electron chi connectivity index (χ2n) is 6.85. The van der Waals surface area contributed by atoms with Gasteiger partial charge in [-0.05, 0) is 63.8 Å². The molecule has 1 aromatic carbocycles. The Hall–Kier alpha value is -1.97. The molecule has 0 aliphatic rings. The Balaban J connectivity index is 0.00000450. The number of aryl methyl sites for hydroxylation is 2. The number of rotatable bonds is 10. The average Bonchev–Trinajstić information content (AvgIpc) is 2.94. The zero-order valence-corrected chi connectivity index (χ0v) is 21.4. The van der Waals surface area contributed by atoms with Gasteiger partial charge < -0.3 is 20.1 Å². The molecule has 0 radical (unpaired) electrons. The van der Waals surface area contributed by atoms with Gasteiger partial charge in [0, 0.05) is 32.9 Å². The molecule has 1 aromatic heterocycles. The molecule has 0 atom stereocenters. The third kappa shape index (κ3) is 7.37. The Morgan fingerprint density at radius 2 is 1.67 bits per heavy atom. The lowest BCUT2D eigenvalue weighted by molar-refractivity contribution is 0.287. The van der Waals surface area contributed by atoms with Crippen LogP contribution in [0.25, 0.3) is 0 Å². The first-order valence-corrected chi connectivity index (χ1v) is 10.3. The number of aliphatic imine (C=N–C) groups is 1. The second kappa shape index (κ2) is 13.4. The molecule has 0 fully saturated rings. The molecule has 168 valence electrons. The lowest BCUT2D eigenvalue weighted by Crippen LogP contribution is -2.39. The van der Waals surface area contributed by atoms with Crippen LogP contribution in [0.15, 0.2) is 23.2 Å². The number of halogens is 1. The van der Waals surface area contributed by atoms with Crippen LogP contribution in [0.4, 0.5) is 0 Å². The number of nitrogens with zero attached hydrogens (tertiary/aromatic N) is 3. The van der Waals surface area contributed by atoms with Gasteiger partial charge >= 0.3 is 0 Å². The second-order valence-corrected chi connectivity index (χ2v) is 6.85. The molecule has 0 aliphatic carbocycles. The maximum absolute atomic E-state index is 5.71. The van der Waals surface area contributed by atoms with Crippen molar-refractivity contribution >= 4 is 29.9 Å². The zero-order valence-electron chi connectivity index (χ0n) is 19.0. The average molecular weight is 529 g/mol. The van der Waals surface area contributed by atoms with E-state index >= 15 is 0 Å². The fraction of sp³-hybridized carbons (Fsp3) is 0.545. The number of ether oxygens (including phenoxy) is 2. The van der Waals surface area contributed by atoms with Crippen molar-refractivity contribution in [3.63, 3.8) is 0 Å². The van der Waals surface area contributed by atoms with Crippen LogP contribution in [0.1, 0.15) is 36.4 Å². The molecule has 2 rings (SSSR count). The Morgan fingerprint density at radius 1 is 1.03 bits per heavy atom. The molecule has 0 bridgehead atoms. The van der Waals surface area contributed by atoms with Crippen LogP contribution >= 0.6 is 24.0 Å². The van der Waals surface area contributed by atoms with Gasteiger partial charge in [0.2, 0.25) is 0 Å². The topological polar surface area (TPSA) is 72.7 Å². The normalized spacial score (nSPS) is 11.1. The van der Waals surface area contributed by atoms with Gasteiger partial charge in [-0.3, -0.25) is 9.67 Å². The molecule has 2 aromatic rings. The Bertz CT molecular complexity index is 820. The summed E-state index contributed by atoms with van der Waals surface area (Å²) in [5, 5.41) is 11.2. The van der Waals surface area contributed by atoms with Gasteiger partial charge in [0.25, 0.3) is 0 Å². The van der Waals surface area contributed by atoms with E-state index in [0.717, 1.165) is 49.1 Å². The highest BCUT2D eigenvalue weighted by Crippen LogP contribution is 2.28. The first kappa shape index (κ1) is 26.1. The number of hydrogen-bond acceptors (Lipinski definition) is 4. The molecular weight excluding hydrogens is 493 g/mol. The van der Waals surface area contributed by atoms with E-state index < -0.39 is 0 Å². The van der Waals surface area contributed by atoms with E-state index in [1.165, 1.54) is 16.8 Å². The smallest absolute Gasteiger partial charge is 0.190 e. The van der Waals surface area contributed by atoms with E-state index in [2.05, 4.69) is 46.7 Å². The highest BCUT2D eigenvalue weighted by Gasteiger charge is 2.09. The van der Waals surface area contributed by atoms with Crippen LogP contribution < -0.4 is 20.1 Å². The van der Waals surface area contributed by atoms with Gasteiger partial charge in [0.05, 0.1) is 18.9 Å².